The molecule has 0 saturated carbocycles. The minimum Gasteiger partial charge on any atom is -0.490 e. The van der Waals surface area contributed by atoms with E-state index in [1.54, 1.807) is 12.1 Å². The maximum atomic E-state index is 10.9. The van der Waals surface area contributed by atoms with Crippen LogP contribution in [0.2, 0.25) is 0 Å². The molecule has 1 unspecified atom stereocenters. The molecule has 0 aliphatic rings. The Labute approximate surface area is 112 Å². The first kappa shape index (κ1) is 15.4. The van der Waals surface area contributed by atoms with E-state index < -0.39 is 4.92 Å². The fraction of sp³-hybridized carbons (Fsp3) is 0.538. The maximum Gasteiger partial charge on any atom is 0.311 e. The summed E-state index contributed by atoms with van der Waals surface area (Å²) < 4.78 is 4.94. The molecule has 6 nitrogen and oxygen atoms in total. The van der Waals surface area contributed by atoms with Crippen LogP contribution in [0.5, 0.6) is 5.75 Å². The molecule has 0 heterocycles. The van der Waals surface area contributed by atoms with Crippen LogP contribution in [0.3, 0.4) is 0 Å². The second-order valence-electron chi connectivity index (χ2n) is 4.29. The largest absolute Gasteiger partial charge is 0.490 e. The van der Waals surface area contributed by atoms with Crippen LogP contribution in [0.1, 0.15) is 25.3 Å². The van der Waals surface area contributed by atoms with Gasteiger partial charge in [0.25, 0.3) is 0 Å². The lowest BCUT2D eigenvalue weighted by Crippen LogP contribution is -2.19. The van der Waals surface area contributed by atoms with E-state index >= 15 is 0 Å². The highest BCUT2D eigenvalue weighted by atomic mass is 16.6. The van der Waals surface area contributed by atoms with Crippen molar-refractivity contribution >= 4 is 5.69 Å². The van der Waals surface area contributed by atoms with Gasteiger partial charge < -0.3 is 15.2 Å². The molecule has 1 aromatic carbocycles. The zero-order valence-corrected chi connectivity index (χ0v) is 11.3. The van der Waals surface area contributed by atoms with E-state index in [1.807, 2.05) is 6.92 Å². The van der Waals surface area contributed by atoms with E-state index in [0.29, 0.717) is 19.5 Å². The van der Waals surface area contributed by atoms with E-state index in [-0.39, 0.29) is 17.5 Å². The molecular formula is C13H20N2O4. The average Bonchev–Trinajstić information content (AvgIpc) is 2.42. The van der Waals surface area contributed by atoms with Crippen LogP contribution in [0.4, 0.5) is 5.69 Å². The van der Waals surface area contributed by atoms with Gasteiger partial charge in [-0.25, -0.2) is 0 Å². The normalized spacial score (nSPS) is 12.2. The molecule has 1 rings (SSSR count). The molecule has 1 atom stereocenters. The lowest BCUT2D eigenvalue weighted by Gasteiger charge is -2.09. The summed E-state index contributed by atoms with van der Waals surface area (Å²) in [5.74, 6) is 0.259. The highest BCUT2D eigenvalue weighted by Gasteiger charge is 2.14. The van der Waals surface area contributed by atoms with Crippen molar-refractivity contribution in [3.63, 3.8) is 0 Å². The Balaban J connectivity index is 2.55. The van der Waals surface area contributed by atoms with Crippen LogP contribution in [0.15, 0.2) is 18.2 Å². The van der Waals surface area contributed by atoms with Crippen LogP contribution < -0.4 is 10.1 Å². The Morgan fingerprint density at radius 3 is 2.84 bits per heavy atom. The van der Waals surface area contributed by atoms with E-state index in [1.165, 1.54) is 13.2 Å². The van der Waals surface area contributed by atoms with Gasteiger partial charge in [-0.15, -0.1) is 0 Å². The Morgan fingerprint density at radius 2 is 2.26 bits per heavy atom. The summed E-state index contributed by atoms with van der Waals surface area (Å²) in [5, 5.41) is 23.4. The summed E-state index contributed by atoms with van der Waals surface area (Å²) in [4.78, 5) is 10.4. The molecule has 0 fully saturated rings. The standard InChI is InChI=1S/C13H20N2O4/c1-3-11(16)6-7-14-9-10-4-5-13(19-2)12(8-10)15(17)18/h4-5,8,11,14,16H,3,6-7,9H2,1-2H3. The number of aliphatic hydroxyl groups is 1. The number of benzene rings is 1. The van der Waals surface area contributed by atoms with Gasteiger partial charge in [0.2, 0.25) is 0 Å². The molecule has 0 saturated heterocycles. The smallest absolute Gasteiger partial charge is 0.311 e. The fourth-order valence-corrected chi connectivity index (χ4v) is 1.69. The number of aliphatic hydroxyl groups excluding tert-OH is 1. The van der Waals surface area contributed by atoms with Crippen LogP contribution >= 0.6 is 0 Å². The van der Waals surface area contributed by atoms with Gasteiger partial charge in [-0.1, -0.05) is 13.0 Å². The van der Waals surface area contributed by atoms with Gasteiger partial charge in [0.15, 0.2) is 5.75 Å². The molecule has 0 aliphatic carbocycles. The van der Waals surface area contributed by atoms with Gasteiger partial charge in [-0.05, 0) is 31.0 Å². The van der Waals surface area contributed by atoms with Crippen molar-refractivity contribution in [2.24, 2.45) is 0 Å². The molecule has 0 bridgehead atoms. The Bertz CT molecular complexity index is 423. The summed E-state index contributed by atoms with van der Waals surface area (Å²) in [6.45, 7) is 3.13. The Kier molecular flexibility index (Phi) is 6.24. The van der Waals surface area contributed by atoms with Crippen molar-refractivity contribution in [2.45, 2.75) is 32.4 Å². The van der Waals surface area contributed by atoms with Crippen molar-refractivity contribution in [2.75, 3.05) is 13.7 Å². The predicted molar refractivity (Wildman–Crippen MR) is 72.3 cm³/mol. The van der Waals surface area contributed by atoms with E-state index in [2.05, 4.69) is 5.32 Å². The van der Waals surface area contributed by atoms with Crippen LogP contribution in [-0.4, -0.2) is 29.8 Å². The van der Waals surface area contributed by atoms with Gasteiger partial charge in [-0.3, -0.25) is 10.1 Å². The van der Waals surface area contributed by atoms with Gasteiger partial charge in [0, 0.05) is 12.6 Å². The molecule has 0 radical (unpaired) electrons. The average molecular weight is 268 g/mol. The molecule has 0 amide bonds. The van der Waals surface area contributed by atoms with E-state index in [9.17, 15) is 15.2 Å². The Morgan fingerprint density at radius 1 is 1.53 bits per heavy atom. The number of ether oxygens (including phenoxy) is 1. The minimum atomic E-state index is -0.455. The predicted octanol–water partition coefficient (Wildman–Crippen LogP) is 1.85. The van der Waals surface area contributed by atoms with Crippen LogP contribution in [-0.2, 0) is 6.54 Å². The number of nitro benzene ring substituents is 1. The third-order valence-corrected chi connectivity index (χ3v) is 2.89. The molecule has 0 aromatic heterocycles. The van der Waals surface area contributed by atoms with Crippen molar-refractivity contribution in [1.82, 2.24) is 5.32 Å². The van der Waals surface area contributed by atoms with E-state index in [4.69, 9.17) is 4.74 Å². The van der Waals surface area contributed by atoms with Gasteiger partial charge in [-0.2, -0.15) is 0 Å². The summed E-state index contributed by atoms with van der Waals surface area (Å²) in [5.41, 5.74) is 0.786. The zero-order chi connectivity index (χ0) is 14.3. The van der Waals surface area contributed by atoms with Crippen molar-refractivity contribution in [3.05, 3.63) is 33.9 Å². The topological polar surface area (TPSA) is 84.6 Å². The molecule has 106 valence electrons. The van der Waals surface area contributed by atoms with Crippen molar-refractivity contribution < 1.29 is 14.8 Å². The minimum absolute atomic E-state index is 0.0320. The first-order valence-corrected chi connectivity index (χ1v) is 6.28. The molecule has 6 heteroatoms. The lowest BCUT2D eigenvalue weighted by molar-refractivity contribution is -0.385. The second kappa shape index (κ2) is 7.70. The number of rotatable bonds is 8. The fourth-order valence-electron chi connectivity index (χ4n) is 1.69. The third kappa shape index (κ3) is 4.84. The highest BCUT2D eigenvalue weighted by molar-refractivity contribution is 5.48. The molecule has 2 N–H and O–H groups in total. The number of nitrogens with one attached hydrogen (secondary N) is 1. The lowest BCUT2D eigenvalue weighted by atomic mass is 10.1. The third-order valence-electron chi connectivity index (χ3n) is 2.89. The summed E-state index contributed by atoms with van der Waals surface area (Å²) in [6.07, 6.45) is 1.11. The van der Waals surface area contributed by atoms with Crippen LogP contribution in [0.25, 0.3) is 0 Å². The molecule has 19 heavy (non-hydrogen) atoms. The molecule has 0 aliphatic heterocycles. The maximum absolute atomic E-state index is 10.9. The Hall–Kier alpha value is -1.66. The van der Waals surface area contributed by atoms with E-state index in [0.717, 1.165) is 12.0 Å². The van der Waals surface area contributed by atoms with Crippen molar-refractivity contribution in [1.29, 1.82) is 0 Å². The molecular weight excluding hydrogens is 248 g/mol. The zero-order valence-electron chi connectivity index (χ0n) is 11.3. The van der Waals surface area contributed by atoms with Gasteiger partial charge >= 0.3 is 5.69 Å². The first-order chi connectivity index (χ1) is 9.08. The SMILES string of the molecule is CCC(O)CCNCc1ccc(OC)c([N+](=O)[O-])c1. The number of nitro groups is 1. The van der Waals surface area contributed by atoms with Crippen molar-refractivity contribution in [3.8, 4) is 5.75 Å². The first-order valence-electron chi connectivity index (χ1n) is 6.28. The summed E-state index contributed by atoms with van der Waals surface area (Å²) in [7, 11) is 1.41. The quantitative estimate of drug-likeness (QED) is 0.427. The number of hydrogen-bond acceptors (Lipinski definition) is 5. The molecule has 1 aromatic rings. The summed E-state index contributed by atoms with van der Waals surface area (Å²) >= 11 is 0. The van der Waals surface area contributed by atoms with Gasteiger partial charge in [0.05, 0.1) is 18.1 Å². The van der Waals surface area contributed by atoms with Crippen LogP contribution in [0, 0.1) is 10.1 Å². The number of hydrogen-bond donors (Lipinski definition) is 2. The molecule has 0 spiro atoms. The second-order valence-corrected chi connectivity index (χ2v) is 4.29. The van der Waals surface area contributed by atoms with Gasteiger partial charge in [0.1, 0.15) is 0 Å². The number of methoxy groups -OCH3 is 1. The number of nitrogens with zero attached hydrogens (tertiary/aromatic N) is 1. The summed E-state index contributed by atoms with van der Waals surface area (Å²) in [6, 6.07) is 4.88. The highest BCUT2D eigenvalue weighted by Crippen LogP contribution is 2.27. The monoisotopic (exact) mass is 268 g/mol.